The van der Waals surface area contributed by atoms with E-state index in [1.807, 2.05) is 0 Å². The van der Waals surface area contributed by atoms with Gasteiger partial charge in [-0.3, -0.25) is 0 Å². The zero-order valence-electron chi connectivity index (χ0n) is 9.22. The van der Waals surface area contributed by atoms with Gasteiger partial charge in [-0.15, -0.1) is 11.6 Å². The molecule has 0 aromatic carbocycles. The molecule has 14 heavy (non-hydrogen) atoms. The molecule has 4 heteroatoms. The summed E-state index contributed by atoms with van der Waals surface area (Å²) < 4.78 is 10.2. The highest BCUT2D eigenvalue weighted by Gasteiger charge is 2.01. The Hall–Kier alpha value is 0.170. The molecule has 0 aliphatic heterocycles. The molecule has 1 atom stereocenters. The second-order valence-corrected chi connectivity index (χ2v) is 3.48. The van der Waals surface area contributed by atoms with Crippen molar-refractivity contribution in [1.29, 1.82) is 0 Å². The normalized spacial score (nSPS) is 13.1. The van der Waals surface area contributed by atoms with Crippen LogP contribution in [-0.2, 0) is 9.47 Å². The van der Waals surface area contributed by atoms with Crippen molar-refractivity contribution < 1.29 is 9.47 Å². The van der Waals surface area contributed by atoms with E-state index in [1.54, 1.807) is 7.11 Å². The van der Waals surface area contributed by atoms with Gasteiger partial charge in [0.05, 0.1) is 13.2 Å². The van der Waals surface area contributed by atoms with Gasteiger partial charge in [0.1, 0.15) is 0 Å². The van der Waals surface area contributed by atoms with Crippen LogP contribution in [0.5, 0.6) is 0 Å². The largest absolute Gasteiger partial charge is 0.382 e. The van der Waals surface area contributed by atoms with E-state index in [0.717, 1.165) is 26.0 Å². The van der Waals surface area contributed by atoms with E-state index in [4.69, 9.17) is 21.1 Å². The van der Waals surface area contributed by atoms with Crippen LogP contribution < -0.4 is 5.32 Å². The summed E-state index contributed by atoms with van der Waals surface area (Å²) in [7, 11) is 1.68. The minimum absolute atomic E-state index is 0.440. The molecule has 0 spiro atoms. The average molecular weight is 224 g/mol. The number of nitrogens with one attached hydrogen (secondary N) is 1. The lowest BCUT2D eigenvalue weighted by Crippen LogP contribution is -2.31. The fourth-order valence-electron chi connectivity index (χ4n) is 1.03. The first-order valence-electron chi connectivity index (χ1n) is 5.21. The van der Waals surface area contributed by atoms with E-state index >= 15 is 0 Å². The fourth-order valence-corrected chi connectivity index (χ4v) is 1.36. The van der Waals surface area contributed by atoms with Crippen LogP contribution in [-0.4, -0.2) is 45.4 Å². The van der Waals surface area contributed by atoms with Gasteiger partial charge in [0.25, 0.3) is 0 Å². The standard InChI is InChI=1S/C10H22ClNO2/c1-3-10(9-11)12-5-4-6-14-8-7-13-2/h10,12H,3-9H2,1-2H3. The molecule has 0 aliphatic carbocycles. The third-order valence-corrected chi connectivity index (χ3v) is 2.38. The van der Waals surface area contributed by atoms with E-state index < -0.39 is 0 Å². The van der Waals surface area contributed by atoms with Crippen molar-refractivity contribution in [2.75, 3.05) is 39.4 Å². The molecule has 0 aromatic rings. The van der Waals surface area contributed by atoms with E-state index in [0.29, 0.717) is 25.1 Å². The number of halogens is 1. The molecule has 3 nitrogen and oxygen atoms in total. The van der Waals surface area contributed by atoms with Gasteiger partial charge < -0.3 is 14.8 Å². The maximum atomic E-state index is 5.74. The van der Waals surface area contributed by atoms with Crippen molar-refractivity contribution in [3.63, 3.8) is 0 Å². The minimum atomic E-state index is 0.440. The quantitative estimate of drug-likeness (QED) is 0.451. The average Bonchev–Trinajstić information content (AvgIpc) is 2.22. The lowest BCUT2D eigenvalue weighted by Gasteiger charge is -2.13. The van der Waals surface area contributed by atoms with E-state index in [9.17, 15) is 0 Å². The zero-order chi connectivity index (χ0) is 10.6. The summed E-state index contributed by atoms with van der Waals surface area (Å²) in [6.45, 7) is 5.25. The van der Waals surface area contributed by atoms with Crippen LogP contribution in [0.25, 0.3) is 0 Å². The van der Waals surface area contributed by atoms with Gasteiger partial charge >= 0.3 is 0 Å². The molecule has 0 saturated carbocycles. The molecular formula is C10H22ClNO2. The minimum Gasteiger partial charge on any atom is -0.382 e. The second kappa shape index (κ2) is 11.2. The number of hydrogen-bond donors (Lipinski definition) is 1. The first-order chi connectivity index (χ1) is 6.85. The summed E-state index contributed by atoms with van der Waals surface area (Å²) in [5.41, 5.74) is 0. The van der Waals surface area contributed by atoms with Crippen LogP contribution in [0.3, 0.4) is 0 Å². The van der Waals surface area contributed by atoms with Gasteiger partial charge in [0, 0.05) is 25.6 Å². The second-order valence-electron chi connectivity index (χ2n) is 3.17. The first-order valence-corrected chi connectivity index (χ1v) is 5.74. The van der Waals surface area contributed by atoms with Crippen LogP contribution >= 0.6 is 11.6 Å². The Balaban J connectivity index is 3.04. The monoisotopic (exact) mass is 223 g/mol. The zero-order valence-corrected chi connectivity index (χ0v) is 9.98. The third kappa shape index (κ3) is 8.75. The Morgan fingerprint density at radius 3 is 2.64 bits per heavy atom. The highest BCUT2D eigenvalue weighted by molar-refractivity contribution is 6.18. The predicted molar refractivity (Wildman–Crippen MR) is 60.1 cm³/mol. The first kappa shape index (κ1) is 14.2. The molecule has 0 rings (SSSR count). The molecule has 0 aliphatic rings. The lowest BCUT2D eigenvalue weighted by atomic mass is 10.2. The molecule has 1 N–H and O–H groups in total. The molecule has 0 bridgehead atoms. The van der Waals surface area contributed by atoms with Crippen molar-refractivity contribution in [3.8, 4) is 0 Å². The Kier molecular flexibility index (Phi) is 11.4. The molecule has 0 fully saturated rings. The molecule has 0 heterocycles. The predicted octanol–water partition coefficient (Wildman–Crippen LogP) is 1.65. The summed E-state index contributed by atoms with van der Waals surface area (Å²) in [4.78, 5) is 0. The van der Waals surface area contributed by atoms with E-state index in [2.05, 4.69) is 12.2 Å². The number of alkyl halides is 1. The van der Waals surface area contributed by atoms with E-state index in [1.165, 1.54) is 0 Å². The molecule has 0 radical (unpaired) electrons. The fraction of sp³-hybridized carbons (Fsp3) is 1.00. The summed E-state index contributed by atoms with van der Waals surface area (Å²) in [5.74, 6) is 0.682. The van der Waals surface area contributed by atoms with Crippen LogP contribution in [0.4, 0.5) is 0 Å². The molecule has 0 aromatic heterocycles. The summed E-state index contributed by atoms with van der Waals surface area (Å²) in [6, 6.07) is 0.440. The lowest BCUT2D eigenvalue weighted by molar-refractivity contribution is 0.0693. The van der Waals surface area contributed by atoms with Crippen LogP contribution in [0.15, 0.2) is 0 Å². The number of ether oxygens (including phenoxy) is 2. The Labute approximate surface area is 92.1 Å². The molecular weight excluding hydrogens is 202 g/mol. The van der Waals surface area contributed by atoms with Crippen LogP contribution in [0, 0.1) is 0 Å². The van der Waals surface area contributed by atoms with Crippen molar-refractivity contribution in [3.05, 3.63) is 0 Å². The molecule has 1 unspecified atom stereocenters. The summed E-state index contributed by atoms with van der Waals surface area (Å²) in [5, 5.41) is 3.37. The molecule has 0 amide bonds. The SMILES string of the molecule is CCC(CCl)NCCCOCCOC. The van der Waals surface area contributed by atoms with Crippen molar-refractivity contribution in [2.24, 2.45) is 0 Å². The van der Waals surface area contributed by atoms with Crippen LogP contribution in [0.2, 0.25) is 0 Å². The smallest absolute Gasteiger partial charge is 0.0700 e. The number of hydrogen-bond acceptors (Lipinski definition) is 3. The molecule has 86 valence electrons. The van der Waals surface area contributed by atoms with Crippen molar-refractivity contribution in [2.45, 2.75) is 25.8 Å². The van der Waals surface area contributed by atoms with Gasteiger partial charge in [0.15, 0.2) is 0 Å². The maximum Gasteiger partial charge on any atom is 0.0700 e. The van der Waals surface area contributed by atoms with Crippen LogP contribution in [0.1, 0.15) is 19.8 Å². The van der Waals surface area contributed by atoms with Gasteiger partial charge in [-0.1, -0.05) is 6.92 Å². The van der Waals surface area contributed by atoms with Gasteiger partial charge in [-0.25, -0.2) is 0 Å². The van der Waals surface area contributed by atoms with Crippen molar-refractivity contribution >= 4 is 11.6 Å². The Morgan fingerprint density at radius 1 is 1.29 bits per heavy atom. The summed E-state index contributed by atoms with van der Waals surface area (Å²) in [6.07, 6.45) is 2.10. The Bertz CT molecular complexity index is 110. The third-order valence-electron chi connectivity index (χ3n) is 2.01. The maximum absolute atomic E-state index is 5.74. The summed E-state index contributed by atoms with van der Waals surface area (Å²) >= 11 is 5.74. The molecule has 0 saturated heterocycles. The highest BCUT2D eigenvalue weighted by Crippen LogP contribution is 1.93. The van der Waals surface area contributed by atoms with Gasteiger partial charge in [-0.05, 0) is 19.4 Å². The number of methoxy groups -OCH3 is 1. The van der Waals surface area contributed by atoms with Gasteiger partial charge in [-0.2, -0.15) is 0 Å². The Morgan fingerprint density at radius 2 is 2.07 bits per heavy atom. The van der Waals surface area contributed by atoms with E-state index in [-0.39, 0.29) is 0 Å². The van der Waals surface area contributed by atoms with Crippen molar-refractivity contribution in [1.82, 2.24) is 5.32 Å². The number of rotatable bonds is 10. The highest BCUT2D eigenvalue weighted by atomic mass is 35.5. The topological polar surface area (TPSA) is 30.5 Å². The van der Waals surface area contributed by atoms with Gasteiger partial charge in [0.2, 0.25) is 0 Å².